The largest absolute Gasteiger partial charge is 0.494 e. The van der Waals surface area contributed by atoms with E-state index < -0.39 is 29.0 Å². The number of nitrogens with two attached hydrogens (primary N) is 1. The fourth-order valence-electron chi connectivity index (χ4n) is 1.77. The zero-order valence-corrected chi connectivity index (χ0v) is 10.9. The summed E-state index contributed by atoms with van der Waals surface area (Å²) in [5.74, 6) is -4.36. The van der Waals surface area contributed by atoms with Gasteiger partial charge in [-0.15, -0.1) is 0 Å². The number of amides is 1. The third-order valence-electron chi connectivity index (χ3n) is 2.75. The Morgan fingerprint density at radius 3 is 2.48 bits per heavy atom. The average molecular weight is 296 g/mol. The highest BCUT2D eigenvalue weighted by atomic mass is 19.2. The van der Waals surface area contributed by atoms with Crippen LogP contribution in [0.2, 0.25) is 0 Å². The summed E-state index contributed by atoms with van der Waals surface area (Å²) in [7, 11) is 1.32. The Morgan fingerprint density at radius 1 is 1.14 bits per heavy atom. The lowest BCUT2D eigenvalue weighted by molar-refractivity contribution is 0.102. The maximum atomic E-state index is 13.5. The average Bonchev–Trinajstić information content (AvgIpc) is 2.44. The van der Waals surface area contributed by atoms with Crippen LogP contribution in [-0.4, -0.2) is 13.0 Å². The second kappa shape index (κ2) is 5.74. The zero-order valence-electron chi connectivity index (χ0n) is 10.9. The van der Waals surface area contributed by atoms with E-state index in [1.807, 2.05) is 0 Å². The molecule has 0 aliphatic heterocycles. The van der Waals surface area contributed by atoms with Crippen LogP contribution in [0, 0.1) is 17.5 Å². The van der Waals surface area contributed by atoms with Crippen LogP contribution in [0.25, 0.3) is 0 Å². The molecule has 0 aromatic heterocycles. The molecule has 0 unspecified atom stereocenters. The van der Waals surface area contributed by atoms with Crippen molar-refractivity contribution < 1.29 is 22.7 Å². The van der Waals surface area contributed by atoms with Gasteiger partial charge in [-0.3, -0.25) is 4.79 Å². The lowest BCUT2D eigenvalue weighted by Gasteiger charge is -2.11. The van der Waals surface area contributed by atoms with Crippen LogP contribution in [-0.2, 0) is 0 Å². The monoisotopic (exact) mass is 296 g/mol. The fourth-order valence-corrected chi connectivity index (χ4v) is 1.77. The number of anilines is 2. The SMILES string of the molecule is COc1c(N)cccc1C(=O)Nc1cc(F)c(F)cc1F. The molecular weight excluding hydrogens is 285 g/mol. The second-order valence-corrected chi connectivity index (χ2v) is 4.13. The molecule has 0 fully saturated rings. The van der Waals surface area contributed by atoms with E-state index in [4.69, 9.17) is 10.5 Å². The molecule has 21 heavy (non-hydrogen) atoms. The van der Waals surface area contributed by atoms with Gasteiger partial charge in [0.15, 0.2) is 17.4 Å². The first-order chi connectivity index (χ1) is 9.93. The highest BCUT2D eigenvalue weighted by Crippen LogP contribution is 2.27. The van der Waals surface area contributed by atoms with E-state index in [9.17, 15) is 18.0 Å². The van der Waals surface area contributed by atoms with Crippen molar-refractivity contribution in [3.63, 3.8) is 0 Å². The number of methoxy groups -OCH3 is 1. The van der Waals surface area contributed by atoms with Crippen molar-refractivity contribution in [3.8, 4) is 5.75 Å². The van der Waals surface area contributed by atoms with E-state index in [0.717, 1.165) is 0 Å². The minimum absolute atomic E-state index is 0.0432. The van der Waals surface area contributed by atoms with Gasteiger partial charge in [0.2, 0.25) is 0 Å². The van der Waals surface area contributed by atoms with E-state index in [2.05, 4.69) is 5.32 Å². The molecule has 4 nitrogen and oxygen atoms in total. The summed E-state index contributed by atoms with van der Waals surface area (Å²) in [6.45, 7) is 0. The summed E-state index contributed by atoms with van der Waals surface area (Å²) in [5.41, 5.74) is 5.43. The first-order valence-electron chi connectivity index (χ1n) is 5.82. The quantitative estimate of drug-likeness (QED) is 0.676. The van der Waals surface area contributed by atoms with Crippen molar-refractivity contribution in [1.29, 1.82) is 0 Å². The topological polar surface area (TPSA) is 64.3 Å². The maximum absolute atomic E-state index is 13.5. The number of nitrogens with one attached hydrogen (secondary N) is 1. The molecule has 0 atom stereocenters. The number of hydrogen-bond donors (Lipinski definition) is 2. The van der Waals surface area contributed by atoms with Gasteiger partial charge in [-0.2, -0.15) is 0 Å². The molecule has 0 saturated carbocycles. The number of carbonyl (C=O) groups is 1. The van der Waals surface area contributed by atoms with E-state index in [1.54, 1.807) is 0 Å². The van der Waals surface area contributed by atoms with Gasteiger partial charge in [0.1, 0.15) is 5.82 Å². The van der Waals surface area contributed by atoms with Crippen molar-refractivity contribution in [2.75, 3.05) is 18.2 Å². The number of nitrogen functional groups attached to an aromatic ring is 1. The van der Waals surface area contributed by atoms with Gasteiger partial charge in [-0.25, -0.2) is 13.2 Å². The van der Waals surface area contributed by atoms with E-state index in [-0.39, 0.29) is 17.0 Å². The first-order valence-corrected chi connectivity index (χ1v) is 5.82. The molecule has 3 N–H and O–H groups in total. The number of hydrogen-bond acceptors (Lipinski definition) is 3. The van der Waals surface area contributed by atoms with Crippen molar-refractivity contribution in [2.24, 2.45) is 0 Å². The number of benzene rings is 2. The van der Waals surface area contributed by atoms with Crippen LogP contribution in [0.3, 0.4) is 0 Å². The Kier molecular flexibility index (Phi) is 4.02. The van der Waals surface area contributed by atoms with Crippen LogP contribution in [0.1, 0.15) is 10.4 Å². The molecule has 0 spiro atoms. The molecule has 0 aliphatic carbocycles. The minimum atomic E-state index is -1.34. The second-order valence-electron chi connectivity index (χ2n) is 4.13. The molecule has 0 heterocycles. The predicted molar refractivity (Wildman–Crippen MR) is 71.7 cm³/mol. The Bertz CT molecular complexity index is 705. The summed E-state index contributed by atoms with van der Waals surface area (Å²) in [6.07, 6.45) is 0. The van der Waals surface area contributed by atoms with Gasteiger partial charge in [-0.1, -0.05) is 6.07 Å². The standard InChI is InChI=1S/C14H11F3N2O2/c1-21-13-7(3-2-4-11(13)18)14(20)19-12-6-9(16)8(15)5-10(12)17/h2-6H,18H2,1H3,(H,19,20). The van der Waals surface area contributed by atoms with Crippen LogP contribution in [0.15, 0.2) is 30.3 Å². The number of carbonyl (C=O) groups excluding carboxylic acids is 1. The van der Waals surface area contributed by atoms with Crippen LogP contribution >= 0.6 is 0 Å². The molecule has 0 aliphatic rings. The van der Waals surface area contributed by atoms with Gasteiger partial charge < -0.3 is 15.8 Å². The fraction of sp³-hybridized carbons (Fsp3) is 0.0714. The smallest absolute Gasteiger partial charge is 0.259 e. The highest BCUT2D eigenvalue weighted by Gasteiger charge is 2.17. The van der Waals surface area contributed by atoms with Gasteiger partial charge in [0, 0.05) is 12.1 Å². The van der Waals surface area contributed by atoms with Gasteiger partial charge in [0.05, 0.1) is 24.0 Å². The van der Waals surface area contributed by atoms with Crippen LogP contribution in [0.5, 0.6) is 5.75 Å². The Hall–Kier alpha value is -2.70. The van der Waals surface area contributed by atoms with Crippen LogP contribution < -0.4 is 15.8 Å². The Labute approximate surface area is 118 Å². The normalized spacial score (nSPS) is 10.3. The summed E-state index contributed by atoms with van der Waals surface area (Å²) in [5, 5.41) is 2.14. The molecule has 2 aromatic carbocycles. The molecule has 7 heteroatoms. The lowest BCUT2D eigenvalue weighted by atomic mass is 10.1. The third-order valence-corrected chi connectivity index (χ3v) is 2.75. The number of rotatable bonds is 3. The van der Waals surface area contributed by atoms with Crippen molar-refractivity contribution in [2.45, 2.75) is 0 Å². The number of halogens is 3. The van der Waals surface area contributed by atoms with E-state index in [0.29, 0.717) is 12.1 Å². The summed E-state index contributed by atoms with van der Waals surface area (Å²) < 4.78 is 44.4. The Balaban J connectivity index is 2.35. The summed E-state index contributed by atoms with van der Waals surface area (Å²) >= 11 is 0. The van der Waals surface area contributed by atoms with Gasteiger partial charge in [0.25, 0.3) is 5.91 Å². The number of para-hydroxylation sites is 1. The van der Waals surface area contributed by atoms with E-state index >= 15 is 0 Å². The summed E-state index contributed by atoms with van der Waals surface area (Å²) in [6, 6.07) is 5.34. The van der Waals surface area contributed by atoms with Gasteiger partial charge in [-0.05, 0) is 12.1 Å². The molecule has 1 amide bonds. The molecule has 2 rings (SSSR count). The predicted octanol–water partition coefficient (Wildman–Crippen LogP) is 2.95. The Morgan fingerprint density at radius 2 is 1.81 bits per heavy atom. The van der Waals surface area contributed by atoms with Crippen molar-refractivity contribution in [1.82, 2.24) is 0 Å². The first kappa shape index (κ1) is 14.7. The zero-order chi connectivity index (χ0) is 15.6. The maximum Gasteiger partial charge on any atom is 0.259 e. The molecule has 0 bridgehead atoms. The summed E-state index contributed by atoms with van der Waals surface area (Å²) in [4.78, 5) is 12.1. The molecule has 0 radical (unpaired) electrons. The van der Waals surface area contributed by atoms with E-state index in [1.165, 1.54) is 25.3 Å². The number of ether oxygens (including phenoxy) is 1. The van der Waals surface area contributed by atoms with Crippen molar-refractivity contribution in [3.05, 3.63) is 53.3 Å². The molecule has 0 saturated heterocycles. The van der Waals surface area contributed by atoms with Crippen LogP contribution in [0.4, 0.5) is 24.5 Å². The highest BCUT2D eigenvalue weighted by molar-refractivity contribution is 6.07. The minimum Gasteiger partial charge on any atom is -0.494 e. The molecule has 110 valence electrons. The van der Waals surface area contributed by atoms with Crippen molar-refractivity contribution >= 4 is 17.3 Å². The molecular formula is C14H11F3N2O2. The molecule has 2 aromatic rings. The lowest BCUT2D eigenvalue weighted by Crippen LogP contribution is -2.15. The van der Waals surface area contributed by atoms with Gasteiger partial charge >= 0.3 is 0 Å². The third kappa shape index (κ3) is 2.91.